The van der Waals surface area contributed by atoms with Crippen LogP contribution in [-0.4, -0.2) is 59.9 Å². The van der Waals surface area contributed by atoms with Gasteiger partial charge in [-0.25, -0.2) is 4.57 Å². The number of nitrogens with two attached hydrogens (primary N) is 1. The highest BCUT2D eigenvalue weighted by Crippen LogP contribution is 2.43. The summed E-state index contributed by atoms with van der Waals surface area (Å²) >= 11 is 0. The van der Waals surface area contributed by atoms with Gasteiger partial charge in [-0.2, -0.15) is 0 Å². The van der Waals surface area contributed by atoms with Crippen molar-refractivity contribution in [3.05, 3.63) is 24.3 Å². The van der Waals surface area contributed by atoms with Crippen LogP contribution in [0.15, 0.2) is 24.3 Å². The predicted molar refractivity (Wildman–Crippen MR) is 231 cm³/mol. The Morgan fingerprint density at radius 2 is 0.877 bits per heavy atom. The smallest absolute Gasteiger partial charge is 0.472 e. The normalized spacial score (nSPS) is 13.9. The number of carboxylic acid groups (broad SMARTS) is 1. The van der Waals surface area contributed by atoms with Crippen molar-refractivity contribution in [3.8, 4) is 0 Å². The van der Waals surface area contributed by atoms with Gasteiger partial charge in [-0.3, -0.25) is 23.4 Å². The maximum Gasteiger partial charge on any atom is 0.472 e. The van der Waals surface area contributed by atoms with Gasteiger partial charge < -0.3 is 25.2 Å². The molecule has 11 nitrogen and oxygen atoms in total. The summed E-state index contributed by atoms with van der Waals surface area (Å²) in [5.41, 5.74) is 5.34. The highest BCUT2D eigenvalue weighted by Gasteiger charge is 2.28. The number of phosphoric acid groups is 1. The molecule has 57 heavy (non-hydrogen) atoms. The van der Waals surface area contributed by atoms with Crippen molar-refractivity contribution in [2.75, 3.05) is 19.8 Å². The Morgan fingerprint density at radius 3 is 1.28 bits per heavy atom. The first-order chi connectivity index (χ1) is 27.6. The van der Waals surface area contributed by atoms with Gasteiger partial charge in [-0.05, 0) is 64.2 Å². The number of esters is 2. The Kier molecular flexibility index (Phi) is 39.3. The molecule has 0 amide bonds. The SMILES string of the molecule is CCCCCCCC/C=C\CCCCCCCC(=O)OCC(COP(=O)(O)OCC(N)C(=O)O)OC(=O)CCCCCCCCC/C=C\CCCCCCCCC. The van der Waals surface area contributed by atoms with E-state index in [1.54, 1.807) is 0 Å². The minimum Gasteiger partial charge on any atom is -0.480 e. The lowest BCUT2D eigenvalue weighted by Crippen LogP contribution is -2.34. The lowest BCUT2D eigenvalue weighted by atomic mass is 10.1. The number of ether oxygens (including phenoxy) is 2. The third kappa shape index (κ3) is 40.5. The molecule has 0 aromatic rings. The molecule has 0 rings (SSSR count). The quantitative estimate of drug-likeness (QED) is 0.0231. The standard InChI is InChI=1S/C45H84NO10P/c1-3-5-7-9-11-13-15-17-19-20-21-23-25-27-29-31-33-35-37-44(48)56-41(39-54-57(51,52)55-40-42(46)45(49)50)38-53-43(47)36-34-32-30-28-26-24-22-18-16-14-12-10-8-6-4-2/h18-20,22,41-42H,3-17,21,23-40,46H2,1-2H3,(H,49,50)(H,51,52)/b20-19-,22-18-. The fourth-order valence-corrected chi connectivity index (χ4v) is 7.07. The van der Waals surface area contributed by atoms with E-state index < -0.39 is 51.1 Å². The Morgan fingerprint density at radius 1 is 0.526 bits per heavy atom. The monoisotopic (exact) mass is 830 g/mol. The third-order valence-corrected chi connectivity index (χ3v) is 10.9. The summed E-state index contributed by atoms with van der Waals surface area (Å²) in [5, 5.41) is 8.89. The largest absolute Gasteiger partial charge is 0.480 e. The van der Waals surface area contributed by atoms with Crippen LogP contribution in [0.5, 0.6) is 0 Å². The molecule has 12 heteroatoms. The maximum atomic E-state index is 12.6. The number of allylic oxidation sites excluding steroid dienone is 4. The van der Waals surface area contributed by atoms with Crippen LogP contribution in [0.3, 0.4) is 0 Å². The first kappa shape index (κ1) is 55.0. The lowest BCUT2D eigenvalue weighted by Gasteiger charge is -2.20. The van der Waals surface area contributed by atoms with Crippen LogP contribution in [0.25, 0.3) is 0 Å². The van der Waals surface area contributed by atoms with Crippen LogP contribution in [-0.2, 0) is 37.5 Å². The van der Waals surface area contributed by atoms with E-state index in [9.17, 15) is 23.8 Å². The van der Waals surface area contributed by atoms with Crippen molar-refractivity contribution < 1.29 is 47.5 Å². The van der Waals surface area contributed by atoms with Crippen LogP contribution in [0, 0.1) is 0 Å². The average Bonchev–Trinajstić information content (AvgIpc) is 3.19. The zero-order valence-electron chi connectivity index (χ0n) is 36.2. The molecule has 0 aliphatic rings. The van der Waals surface area contributed by atoms with Crippen LogP contribution in [0.4, 0.5) is 0 Å². The summed E-state index contributed by atoms with van der Waals surface area (Å²) in [6.07, 6.45) is 42.4. The minimum atomic E-state index is -4.72. The topological polar surface area (TPSA) is 172 Å². The van der Waals surface area contributed by atoms with Crippen LogP contribution in [0.2, 0.25) is 0 Å². The van der Waals surface area contributed by atoms with Gasteiger partial charge in [0, 0.05) is 12.8 Å². The van der Waals surface area contributed by atoms with Gasteiger partial charge in [0.25, 0.3) is 0 Å². The molecule has 3 unspecified atom stereocenters. The second-order valence-electron chi connectivity index (χ2n) is 15.5. The van der Waals surface area contributed by atoms with Crippen molar-refractivity contribution in [1.29, 1.82) is 0 Å². The predicted octanol–water partition coefficient (Wildman–Crippen LogP) is 12.2. The number of carbonyl (C=O) groups is 3. The third-order valence-electron chi connectivity index (χ3n) is 9.92. The van der Waals surface area contributed by atoms with Gasteiger partial charge >= 0.3 is 25.7 Å². The molecule has 334 valence electrons. The molecular weight excluding hydrogens is 745 g/mol. The van der Waals surface area contributed by atoms with Crippen molar-refractivity contribution in [2.45, 2.75) is 225 Å². The Balaban J connectivity index is 4.34. The molecule has 0 aromatic heterocycles. The van der Waals surface area contributed by atoms with E-state index in [4.69, 9.17) is 24.8 Å². The highest BCUT2D eigenvalue weighted by molar-refractivity contribution is 7.47. The number of hydrogen-bond donors (Lipinski definition) is 3. The fraction of sp³-hybridized carbons (Fsp3) is 0.844. The van der Waals surface area contributed by atoms with Gasteiger partial charge in [-0.15, -0.1) is 0 Å². The van der Waals surface area contributed by atoms with E-state index in [-0.39, 0.29) is 19.4 Å². The molecule has 0 aliphatic heterocycles. The van der Waals surface area contributed by atoms with Gasteiger partial charge in [0.1, 0.15) is 12.6 Å². The molecule has 0 saturated carbocycles. The molecule has 0 heterocycles. The Bertz CT molecular complexity index is 1070. The fourth-order valence-electron chi connectivity index (χ4n) is 6.29. The van der Waals surface area contributed by atoms with E-state index in [1.807, 2.05) is 0 Å². The van der Waals surface area contributed by atoms with Gasteiger partial charge in [0.15, 0.2) is 6.10 Å². The van der Waals surface area contributed by atoms with Crippen LogP contribution in [0.1, 0.15) is 213 Å². The van der Waals surface area contributed by atoms with Crippen LogP contribution >= 0.6 is 7.82 Å². The van der Waals surface area contributed by atoms with E-state index in [0.717, 1.165) is 64.2 Å². The second kappa shape index (κ2) is 40.7. The number of hydrogen-bond acceptors (Lipinski definition) is 9. The summed E-state index contributed by atoms with van der Waals surface area (Å²) < 4.78 is 32.7. The van der Waals surface area contributed by atoms with Gasteiger partial charge in [-0.1, -0.05) is 160 Å². The number of rotatable bonds is 43. The maximum absolute atomic E-state index is 12.6. The summed E-state index contributed by atoms with van der Waals surface area (Å²) in [7, 11) is -4.72. The van der Waals surface area contributed by atoms with Crippen molar-refractivity contribution in [3.63, 3.8) is 0 Å². The molecule has 0 radical (unpaired) electrons. The summed E-state index contributed by atoms with van der Waals surface area (Å²) in [6, 6.07) is -1.52. The highest BCUT2D eigenvalue weighted by atomic mass is 31.2. The summed E-state index contributed by atoms with van der Waals surface area (Å²) in [6.45, 7) is 2.80. The molecule has 0 spiro atoms. The summed E-state index contributed by atoms with van der Waals surface area (Å²) in [4.78, 5) is 46.0. The number of aliphatic carboxylic acids is 1. The number of phosphoric ester groups is 1. The van der Waals surface area contributed by atoms with E-state index in [2.05, 4.69) is 42.7 Å². The summed E-state index contributed by atoms with van der Waals surface area (Å²) in [5.74, 6) is -2.39. The molecule has 0 saturated heterocycles. The molecule has 0 aromatic carbocycles. The Labute approximate surface area is 347 Å². The average molecular weight is 830 g/mol. The Hall–Kier alpha value is -2.04. The first-order valence-electron chi connectivity index (χ1n) is 22.9. The molecule has 0 bridgehead atoms. The van der Waals surface area contributed by atoms with Crippen molar-refractivity contribution >= 4 is 25.7 Å². The second-order valence-corrected chi connectivity index (χ2v) is 17.0. The molecular formula is C45H84NO10P. The molecule has 0 aliphatic carbocycles. The zero-order valence-corrected chi connectivity index (χ0v) is 37.1. The number of carboxylic acids is 1. The molecule has 0 fully saturated rings. The van der Waals surface area contributed by atoms with Gasteiger partial charge in [0.2, 0.25) is 0 Å². The van der Waals surface area contributed by atoms with E-state index in [0.29, 0.717) is 12.8 Å². The lowest BCUT2D eigenvalue weighted by molar-refractivity contribution is -0.161. The zero-order chi connectivity index (χ0) is 42.1. The van der Waals surface area contributed by atoms with Crippen LogP contribution < -0.4 is 5.73 Å². The molecule has 4 N–H and O–H groups in total. The van der Waals surface area contributed by atoms with E-state index >= 15 is 0 Å². The van der Waals surface area contributed by atoms with Gasteiger partial charge in [0.05, 0.1) is 13.2 Å². The number of unbranched alkanes of at least 4 members (excludes halogenated alkanes) is 25. The molecule has 3 atom stereocenters. The first-order valence-corrected chi connectivity index (χ1v) is 24.4. The number of carbonyl (C=O) groups excluding carboxylic acids is 2. The van der Waals surface area contributed by atoms with E-state index in [1.165, 1.54) is 109 Å². The van der Waals surface area contributed by atoms with Crippen molar-refractivity contribution in [1.82, 2.24) is 0 Å². The van der Waals surface area contributed by atoms with Crippen molar-refractivity contribution in [2.24, 2.45) is 5.73 Å². The minimum absolute atomic E-state index is 0.156.